The van der Waals surface area contributed by atoms with Gasteiger partial charge in [-0.1, -0.05) is 38.1 Å². The summed E-state index contributed by atoms with van der Waals surface area (Å²) in [5.41, 5.74) is 1.63. The van der Waals surface area contributed by atoms with Gasteiger partial charge in [0, 0.05) is 6.54 Å². The molecule has 1 aromatic carbocycles. The van der Waals surface area contributed by atoms with Crippen LogP contribution in [0.4, 0.5) is 0 Å². The first kappa shape index (κ1) is 14.2. The highest BCUT2D eigenvalue weighted by Crippen LogP contribution is 2.06. The molecule has 1 aromatic rings. The summed E-state index contributed by atoms with van der Waals surface area (Å²) < 4.78 is 25.8. The maximum Gasteiger partial charge on any atom is 0.212 e. The molecule has 17 heavy (non-hydrogen) atoms. The van der Waals surface area contributed by atoms with Gasteiger partial charge in [0.2, 0.25) is 10.0 Å². The maximum atomic E-state index is 11.6. The number of hydrogen-bond donors (Lipinski definition) is 2. The Balaban J connectivity index is 2.61. The minimum absolute atomic E-state index is 0.0351. The standard InChI is InChI=1S/C12H19NO3S/c1-10(2)9-17(15,16)13-7-11-4-3-5-12(6-11)8-14/h3-6,10,13-14H,7-9H2,1-2H3. The van der Waals surface area contributed by atoms with Gasteiger partial charge in [-0.05, 0) is 17.0 Å². The molecule has 0 unspecified atom stereocenters. The molecule has 0 amide bonds. The molecule has 4 nitrogen and oxygen atoms in total. The van der Waals surface area contributed by atoms with E-state index in [1.54, 1.807) is 18.2 Å². The average molecular weight is 257 g/mol. The van der Waals surface area contributed by atoms with Crippen molar-refractivity contribution in [2.75, 3.05) is 5.75 Å². The number of sulfonamides is 1. The van der Waals surface area contributed by atoms with E-state index in [9.17, 15) is 8.42 Å². The fraction of sp³-hybridized carbons (Fsp3) is 0.500. The van der Waals surface area contributed by atoms with E-state index in [0.29, 0.717) is 0 Å². The molecule has 0 fully saturated rings. The van der Waals surface area contributed by atoms with Gasteiger partial charge in [-0.3, -0.25) is 0 Å². The topological polar surface area (TPSA) is 66.4 Å². The Morgan fingerprint density at radius 3 is 2.53 bits per heavy atom. The van der Waals surface area contributed by atoms with E-state index >= 15 is 0 Å². The second-order valence-corrected chi connectivity index (χ2v) is 6.33. The van der Waals surface area contributed by atoms with Crippen LogP contribution < -0.4 is 4.72 Å². The zero-order valence-electron chi connectivity index (χ0n) is 10.2. The fourth-order valence-corrected chi connectivity index (χ4v) is 2.91. The summed E-state index contributed by atoms with van der Waals surface area (Å²) >= 11 is 0. The minimum Gasteiger partial charge on any atom is -0.392 e. The Kier molecular flexibility index (Phi) is 5.11. The highest BCUT2D eigenvalue weighted by atomic mass is 32.2. The minimum atomic E-state index is -3.21. The number of benzene rings is 1. The Morgan fingerprint density at radius 2 is 1.94 bits per heavy atom. The van der Waals surface area contributed by atoms with Crippen LogP contribution in [0.25, 0.3) is 0 Å². The van der Waals surface area contributed by atoms with Crippen LogP contribution in [0.15, 0.2) is 24.3 Å². The molecule has 0 saturated carbocycles. The van der Waals surface area contributed by atoms with Crippen molar-refractivity contribution in [2.45, 2.75) is 27.0 Å². The summed E-state index contributed by atoms with van der Waals surface area (Å²) in [4.78, 5) is 0. The second-order valence-electron chi connectivity index (χ2n) is 4.47. The van der Waals surface area contributed by atoms with E-state index in [-0.39, 0.29) is 24.8 Å². The van der Waals surface area contributed by atoms with Crippen molar-refractivity contribution in [3.05, 3.63) is 35.4 Å². The van der Waals surface area contributed by atoms with Gasteiger partial charge in [0.25, 0.3) is 0 Å². The number of aliphatic hydroxyl groups is 1. The largest absolute Gasteiger partial charge is 0.392 e. The molecule has 0 bridgehead atoms. The summed E-state index contributed by atoms with van der Waals surface area (Å²) in [5.74, 6) is 0.239. The molecule has 0 aliphatic rings. The Hall–Kier alpha value is -0.910. The van der Waals surface area contributed by atoms with Gasteiger partial charge < -0.3 is 5.11 Å². The molecule has 0 heterocycles. The van der Waals surface area contributed by atoms with Crippen molar-refractivity contribution < 1.29 is 13.5 Å². The average Bonchev–Trinajstić information content (AvgIpc) is 2.25. The summed E-state index contributed by atoms with van der Waals surface area (Å²) in [5, 5.41) is 8.97. The fourth-order valence-electron chi connectivity index (χ4n) is 1.53. The molecular weight excluding hydrogens is 238 g/mol. The lowest BCUT2D eigenvalue weighted by molar-refractivity contribution is 0.281. The van der Waals surface area contributed by atoms with Gasteiger partial charge in [0.15, 0.2) is 0 Å². The van der Waals surface area contributed by atoms with Crippen LogP contribution in [0.3, 0.4) is 0 Å². The summed E-state index contributed by atoms with van der Waals surface area (Å²) in [6.07, 6.45) is 0. The molecule has 96 valence electrons. The van der Waals surface area contributed by atoms with Gasteiger partial charge in [0.05, 0.1) is 12.4 Å². The highest BCUT2D eigenvalue weighted by Gasteiger charge is 2.12. The van der Waals surface area contributed by atoms with Crippen LogP contribution >= 0.6 is 0 Å². The van der Waals surface area contributed by atoms with Gasteiger partial charge >= 0.3 is 0 Å². The number of rotatable bonds is 6. The van der Waals surface area contributed by atoms with Crippen LogP contribution in [0.1, 0.15) is 25.0 Å². The van der Waals surface area contributed by atoms with Crippen LogP contribution in [0.5, 0.6) is 0 Å². The monoisotopic (exact) mass is 257 g/mol. The summed E-state index contributed by atoms with van der Waals surface area (Å²) in [7, 11) is -3.21. The van der Waals surface area contributed by atoms with Gasteiger partial charge in [-0.2, -0.15) is 0 Å². The molecule has 0 aliphatic carbocycles. The molecule has 2 N–H and O–H groups in total. The van der Waals surface area contributed by atoms with Crippen LogP contribution in [-0.4, -0.2) is 19.3 Å². The van der Waals surface area contributed by atoms with Gasteiger partial charge in [-0.25, -0.2) is 13.1 Å². The van der Waals surface area contributed by atoms with Crippen molar-refractivity contribution in [1.82, 2.24) is 4.72 Å². The molecule has 0 saturated heterocycles. The summed E-state index contributed by atoms with van der Waals surface area (Å²) in [6.45, 7) is 3.96. The predicted octanol–water partition coefficient (Wildman–Crippen LogP) is 1.25. The van der Waals surface area contributed by atoms with Crippen molar-refractivity contribution >= 4 is 10.0 Å². The smallest absolute Gasteiger partial charge is 0.212 e. The zero-order valence-corrected chi connectivity index (χ0v) is 11.0. The first-order chi connectivity index (χ1) is 7.93. The van der Waals surface area contributed by atoms with Crippen molar-refractivity contribution in [1.29, 1.82) is 0 Å². The van der Waals surface area contributed by atoms with E-state index in [4.69, 9.17) is 5.11 Å². The zero-order chi connectivity index (χ0) is 12.9. The van der Waals surface area contributed by atoms with Crippen LogP contribution in [0, 0.1) is 5.92 Å². The second kappa shape index (κ2) is 6.14. The molecule has 0 aromatic heterocycles. The first-order valence-electron chi connectivity index (χ1n) is 5.59. The normalized spacial score (nSPS) is 12.0. The van der Waals surface area contributed by atoms with E-state index in [2.05, 4.69) is 4.72 Å². The SMILES string of the molecule is CC(C)CS(=O)(=O)NCc1cccc(CO)c1. The lowest BCUT2D eigenvalue weighted by Crippen LogP contribution is -2.28. The Bertz CT molecular complexity index is 455. The van der Waals surface area contributed by atoms with E-state index in [1.807, 2.05) is 19.9 Å². The van der Waals surface area contributed by atoms with Gasteiger partial charge in [0.1, 0.15) is 0 Å². The number of nitrogens with one attached hydrogen (secondary N) is 1. The predicted molar refractivity (Wildman–Crippen MR) is 67.8 cm³/mol. The molecule has 0 spiro atoms. The molecule has 1 rings (SSSR count). The maximum absolute atomic E-state index is 11.6. The quantitative estimate of drug-likeness (QED) is 0.806. The third-order valence-electron chi connectivity index (χ3n) is 2.22. The van der Waals surface area contributed by atoms with Gasteiger partial charge in [-0.15, -0.1) is 0 Å². The first-order valence-corrected chi connectivity index (χ1v) is 7.24. The lowest BCUT2D eigenvalue weighted by atomic mass is 10.1. The third-order valence-corrected chi connectivity index (χ3v) is 3.91. The Labute approximate surface area is 103 Å². The van der Waals surface area contributed by atoms with Crippen molar-refractivity contribution in [2.24, 2.45) is 5.92 Å². The molecule has 0 radical (unpaired) electrons. The van der Waals surface area contributed by atoms with E-state index in [0.717, 1.165) is 11.1 Å². The third kappa shape index (κ3) is 5.30. The van der Waals surface area contributed by atoms with Crippen LogP contribution in [0.2, 0.25) is 0 Å². The molecule has 0 aliphatic heterocycles. The van der Waals surface area contributed by atoms with E-state index < -0.39 is 10.0 Å². The van der Waals surface area contributed by atoms with Crippen molar-refractivity contribution in [3.8, 4) is 0 Å². The van der Waals surface area contributed by atoms with E-state index in [1.165, 1.54) is 0 Å². The molecular formula is C12H19NO3S. The number of aliphatic hydroxyl groups excluding tert-OH is 1. The molecule has 0 atom stereocenters. The summed E-state index contributed by atoms with van der Waals surface area (Å²) in [6, 6.07) is 7.22. The highest BCUT2D eigenvalue weighted by molar-refractivity contribution is 7.89. The van der Waals surface area contributed by atoms with Crippen molar-refractivity contribution in [3.63, 3.8) is 0 Å². The lowest BCUT2D eigenvalue weighted by Gasteiger charge is -2.09. The van der Waals surface area contributed by atoms with Crippen LogP contribution in [-0.2, 0) is 23.2 Å². The molecule has 5 heteroatoms. The number of hydrogen-bond acceptors (Lipinski definition) is 3. The Morgan fingerprint density at radius 1 is 1.29 bits per heavy atom.